The Labute approximate surface area is 101 Å². The first-order chi connectivity index (χ1) is 8.18. The van der Waals surface area contributed by atoms with E-state index in [1.807, 2.05) is 12.1 Å². The van der Waals surface area contributed by atoms with Gasteiger partial charge in [0.15, 0.2) is 5.78 Å². The van der Waals surface area contributed by atoms with Gasteiger partial charge < -0.3 is 0 Å². The molecule has 0 aliphatic heterocycles. The second-order valence-electron chi connectivity index (χ2n) is 4.67. The molecule has 17 heavy (non-hydrogen) atoms. The van der Waals surface area contributed by atoms with Crippen LogP contribution in [0.2, 0.25) is 0 Å². The van der Waals surface area contributed by atoms with Gasteiger partial charge in [0.2, 0.25) is 0 Å². The van der Waals surface area contributed by atoms with Crippen LogP contribution < -0.4 is 0 Å². The standard InChI is InChI=1S/C16H14O/c1-10-13-5-3-4-6-14(13)15-8-7-12(11(2)17)9-16(10)15/h3-10H,1-2H3/t10-/m0/s1. The summed E-state index contributed by atoms with van der Waals surface area (Å²) in [7, 11) is 0. The fourth-order valence-electron chi connectivity index (χ4n) is 2.67. The van der Waals surface area contributed by atoms with E-state index in [0.29, 0.717) is 5.92 Å². The first-order valence-corrected chi connectivity index (χ1v) is 5.92. The minimum absolute atomic E-state index is 0.135. The van der Waals surface area contributed by atoms with Gasteiger partial charge in [0.25, 0.3) is 0 Å². The average Bonchev–Trinajstić information content (AvgIpc) is 2.64. The van der Waals surface area contributed by atoms with E-state index in [1.54, 1.807) is 6.92 Å². The molecule has 1 aliphatic rings. The fourth-order valence-corrected chi connectivity index (χ4v) is 2.67. The van der Waals surface area contributed by atoms with Gasteiger partial charge in [-0.15, -0.1) is 0 Å². The second kappa shape index (κ2) is 3.56. The number of Topliss-reactive ketones (excluding diaryl/α,β-unsaturated/α-hetero) is 1. The molecule has 1 heteroatoms. The Kier molecular flexibility index (Phi) is 2.15. The third-order valence-corrected chi connectivity index (χ3v) is 3.64. The van der Waals surface area contributed by atoms with Gasteiger partial charge in [-0.1, -0.05) is 43.3 Å². The molecule has 0 heterocycles. The van der Waals surface area contributed by atoms with Gasteiger partial charge in [0.05, 0.1) is 0 Å². The fraction of sp³-hybridized carbons (Fsp3) is 0.188. The van der Waals surface area contributed by atoms with Crippen molar-refractivity contribution in [2.24, 2.45) is 0 Å². The lowest BCUT2D eigenvalue weighted by Crippen LogP contribution is -1.95. The zero-order valence-electron chi connectivity index (χ0n) is 10.0. The molecule has 0 aromatic heterocycles. The number of hydrogen-bond donors (Lipinski definition) is 0. The van der Waals surface area contributed by atoms with E-state index in [2.05, 4.69) is 37.3 Å². The molecule has 2 aromatic carbocycles. The maximum Gasteiger partial charge on any atom is 0.159 e. The molecule has 0 saturated heterocycles. The number of carbonyl (C=O) groups excluding carboxylic acids is 1. The van der Waals surface area contributed by atoms with E-state index >= 15 is 0 Å². The molecule has 0 bridgehead atoms. The lowest BCUT2D eigenvalue weighted by molar-refractivity contribution is 0.101. The van der Waals surface area contributed by atoms with Gasteiger partial charge in [-0.3, -0.25) is 4.79 Å². The molecule has 0 spiro atoms. The molecule has 84 valence electrons. The molecular formula is C16H14O. The Morgan fingerprint density at radius 3 is 2.47 bits per heavy atom. The Morgan fingerprint density at radius 2 is 1.71 bits per heavy atom. The van der Waals surface area contributed by atoms with Crippen LogP contribution in [0.3, 0.4) is 0 Å². The van der Waals surface area contributed by atoms with E-state index in [-0.39, 0.29) is 5.78 Å². The first-order valence-electron chi connectivity index (χ1n) is 5.92. The maximum absolute atomic E-state index is 11.4. The van der Waals surface area contributed by atoms with Crippen molar-refractivity contribution in [3.05, 3.63) is 59.2 Å². The Hall–Kier alpha value is -1.89. The van der Waals surface area contributed by atoms with Crippen molar-refractivity contribution < 1.29 is 4.79 Å². The highest BCUT2D eigenvalue weighted by Crippen LogP contribution is 2.44. The lowest BCUT2D eigenvalue weighted by Gasteiger charge is -2.06. The van der Waals surface area contributed by atoms with Gasteiger partial charge >= 0.3 is 0 Å². The predicted octanol–water partition coefficient (Wildman–Crippen LogP) is 4.02. The molecule has 1 aliphatic carbocycles. The minimum atomic E-state index is 0.135. The third-order valence-electron chi connectivity index (χ3n) is 3.64. The molecule has 0 N–H and O–H groups in total. The molecule has 0 radical (unpaired) electrons. The monoisotopic (exact) mass is 222 g/mol. The molecule has 2 aromatic rings. The van der Waals surface area contributed by atoms with Crippen LogP contribution in [-0.2, 0) is 0 Å². The van der Waals surface area contributed by atoms with Crippen LogP contribution in [0.4, 0.5) is 0 Å². The van der Waals surface area contributed by atoms with E-state index in [9.17, 15) is 4.79 Å². The SMILES string of the molecule is CC(=O)c1ccc2c(c1)[C@@H](C)c1ccccc1-2. The minimum Gasteiger partial charge on any atom is -0.295 e. The molecule has 0 fully saturated rings. The quantitative estimate of drug-likeness (QED) is 0.666. The van der Waals surface area contributed by atoms with Gasteiger partial charge in [-0.25, -0.2) is 0 Å². The number of fused-ring (bicyclic) bond motifs is 3. The number of ketones is 1. The van der Waals surface area contributed by atoms with Crippen molar-refractivity contribution in [1.82, 2.24) is 0 Å². The zero-order chi connectivity index (χ0) is 12.0. The second-order valence-corrected chi connectivity index (χ2v) is 4.67. The van der Waals surface area contributed by atoms with Crippen molar-refractivity contribution in [1.29, 1.82) is 0 Å². The van der Waals surface area contributed by atoms with Crippen LogP contribution >= 0.6 is 0 Å². The Morgan fingerprint density at radius 1 is 1.00 bits per heavy atom. The van der Waals surface area contributed by atoms with Gasteiger partial charge in [-0.2, -0.15) is 0 Å². The van der Waals surface area contributed by atoms with Crippen LogP contribution in [-0.4, -0.2) is 5.78 Å². The number of hydrogen-bond acceptors (Lipinski definition) is 1. The van der Waals surface area contributed by atoms with E-state index in [4.69, 9.17) is 0 Å². The lowest BCUT2D eigenvalue weighted by atomic mass is 9.97. The van der Waals surface area contributed by atoms with E-state index in [1.165, 1.54) is 22.3 Å². The summed E-state index contributed by atoms with van der Waals surface area (Å²) >= 11 is 0. The van der Waals surface area contributed by atoms with Gasteiger partial charge in [-0.05, 0) is 35.2 Å². The first kappa shape index (κ1) is 10.3. The maximum atomic E-state index is 11.4. The molecule has 0 unspecified atom stereocenters. The zero-order valence-corrected chi connectivity index (χ0v) is 10.0. The highest BCUT2D eigenvalue weighted by atomic mass is 16.1. The average molecular weight is 222 g/mol. The summed E-state index contributed by atoms with van der Waals surface area (Å²) in [5.41, 5.74) is 6.04. The summed E-state index contributed by atoms with van der Waals surface area (Å²) < 4.78 is 0. The molecule has 0 saturated carbocycles. The van der Waals surface area contributed by atoms with Crippen molar-refractivity contribution in [3.8, 4) is 11.1 Å². The van der Waals surface area contributed by atoms with Crippen LogP contribution in [0.5, 0.6) is 0 Å². The van der Waals surface area contributed by atoms with Crippen LogP contribution in [0, 0.1) is 0 Å². The molecule has 1 atom stereocenters. The predicted molar refractivity (Wildman–Crippen MR) is 69.4 cm³/mol. The third kappa shape index (κ3) is 1.42. The van der Waals surface area contributed by atoms with Crippen molar-refractivity contribution in [2.45, 2.75) is 19.8 Å². The summed E-state index contributed by atoms with van der Waals surface area (Å²) in [5, 5.41) is 0. The Bertz CT molecular complexity index is 611. The largest absolute Gasteiger partial charge is 0.295 e. The van der Waals surface area contributed by atoms with Crippen LogP contribution in [0.1, 0.15) is 41.3 Å². The number of carbonyl (C=O) groups is 1. The van der Waals surface area contributed by atoms with Crippen LogP contribution in [0.25, 0.3) is 11.1 Å². The van der Waals surface area contributed by atoms with E-state index < -0.39 is 0 Å². The number of rotatable bonds is 1. The highest BCUT2D eigenvalue weighted by Gasteiger charge is 2.25. The normalized spacial score (nSPS) is 16.5. The molecule has 1 nitrogen and oxygen atoms in total. The summed E-state index contributed by atoms with van der Waals surface area (Å²) in [6, 6.07) is 14.5. The van der Waals surface area contributed by atoms with Crippen molar-refractivity contribution in [3.63, 3.8) is 0 Å². The molecule has 3 rings (SSSR count). The van der Waals surface area contributed by atoms with Gasteiger partial charge in [0.1, 0.15) is 0 Å². The topological polar surface area (TPSA) is 17.1 Å². The van der Waals surface area contributed by atoms with E-state index in [0.717, 1.165) is 5.56 Å². The summed E-state index contributed by atoms with van der Waals surface area (Å²) in [4.78, 5) is 11.4. The molecule has 0 amide bonds. The van der Waals surface area contributed by atoms with Crippen molar-refractivity contribution in [2.75, 3.05) is 0 Å². The molecular weight excluding hydrogens is 208 g/mol. The van der Waals surface area contributed by atoms with Crippen molar-refractivity contribution >= 4 is 5.78 Å². The Balaban J connectivity index is 2.24. The summed E-state index contributed by atoms with van der Waals surface area (Å²) in [6.45, 7) is 3.82. The number of benzene rings is 2. The summed E-state index contributed by atoms with van der Waals surface area (Å²) in [5.74, 6) is 0.524. The summed E-state index contributed by atoms with van der Waals surface area (Å²) in [6.07, 6.45) is 0. The highest BCUT2D eigenvalue weighted by molar-refractivity contribution is 5.95. The van der Waals surface area contributed by atoms with Crippen LogP contribution in [0.15, 0.2) is 42.5 Å². The van der Waals surface area contributed by atoms with Gasteiger partial charge in [0, 0.05) is 11.5 Å². The smallest absolute Gasteiger partial charge is 0.159 e.